The maximum absolute atomic E-state index is 12.7. The summed E-state index contributed by atoms with van der Waals surface area (Å²) in [6, 6.07) is 21.7. The highest BCUT2D eigenvalue weighted by Crippen LogP contribution is 2.28. The number of nitrogens with one attached hydrogen (secondary N) is 1. The molecule has 0 saturated carbocycles. The summed E-state index contributed by atoms with van der Waals surface area (Å²) in [5.41, 5.74) is 3.21. The molecule has 0 amide bonds. The van der Waals surface area contributed by atoms with E-state index in [1.807, 2.05) is 54.6 Å². The fraction of sp³-hybridized carbons (Fsp3) is 0.269. The number of carbonyl (C=O) groups is 1. The number of benzene rings is 3. The van der Waals surface area contributed by atoms with Crippen LogP contribution < -0.4 is 5.32 Å². The van der Waals surface area contributed by atoms with Gasteiger partial charge >= 0.3 is 5.97 Å². The van der Waals surface area contributed by atoms with Crippen LogP contribution in [0.5, 0.6) is 0 Å². The molecule has 3 aromatic rings. The minimum atomic E-state index is -3.74. The van der Waals surface area contributed by atoms with Crippen molar-refractivity contribution in [3.63, 3.8) is 0 Å². The standard InChI is InChI=1S/C26H29NO5S/c1-18(2)33(31,32)25-16-22(12-13-23(25)26(29)30)20-10-8-19(9-11-20)14-15-27-17-24(28)21-6-4-3-5-7-21/h3-13,16,18,24,27-28H,14-15,17H2,1-2H3,(H,29,30). The van der Waals surface area contributed by atoms with Crippen LogP contribution in [0, 0.1) is 0 Å². The van der Waals surface area contributed by atoms with E-state index in [0.29, 0.717) is 18.7 Å². The van der Waals surface area contributed by atoms with Crippen LogP contribution in [0.1, 0.15) is 41.4 Å². The Balaban J connectivity index is 1.67. The highest BCUT2D eigenvalue weighted by molar-refractivity contribution is 7.92. The van der Waals surface area contributed by atoms with Gasteiger partial charge in [-0.15, -0.1) is 0 Å². The first-order valence-electron chi connectivity index (χ1n) is 10.8. The smallest absolute Gasteiger partial charge is 0.337 e. The second-order valence-corrected chi connectivity index (χ2v) is 10.7. The lowest BCUT2D eigenvalue weighted by molar-refractivity contribution is 0.0692. The van der Waals surface area contributed by atoms with Gasteiger partial charge in [0.2, 0.25) is 0 Å². The molecule has 0 radical (unpaired) electrons. The number of hydrogen-bond acceptors (Lipinski definition) is 5. The Morgan fingerprint density at radius 3 is 2.18 bits per heavy atom. The van der Waals surface area contributed by atoms with E-state index in [0.717, 1.165) is 23.1 Å². The summed E-state index contributed by atoms with van der Waals surface area (Å²) in [5.74, 6) is -1.26. The highest BCUT2D eigenvalue weighted by atomic mass is 32.2. The molecule has 0 aromatic heterocycles. The Hall–Kier alpha value is -3.00. The number of aliphatic hydroxyl groups is 1. The Morgan fingerprint density at radius 1 is 0.939 bits per heavy atom. The summed E-state index contributed by atoms with van der Waals surface area (Å²) < 4.78 is 25.4. The Kier molecular flexibility index (Phi) is 8.02. The third-order valence-corrected chi connectivity index (χ3v) is 7.73. The monoisotopic (exact) mass is 467 g/mol. The van der Waals surface area contributed by atoms with Crippen LogP contribution in [0.15, 0.2) is 77.7 Å². The molecule has 6 nitrogen and oxygen atoms in total. The average Bonchev–Trinajstić information content (AvgIpc) is 2.82. The average molecular weight is 468 g/mol. The van der Waals surface area contributed by atoms with Crippen LogP contribution in [-0.2, 0) is 16.3 Å². The van der Waals surface area contributed by atoms with Crippen LogP contribution in [0.3, 0.4) is 0 Å². The molecule has 1 unspecified atom stereocenters. The Morgan fingerprint density at radius 2 is 1.58 bits per heavy atom. The molecule has 0 bridgehead atoms. The number of carboxylic acid groups (broad SMARTS) is 1. The van der Waals surface area contributed by atoms with E-state index < -0.39 is 27.2 Å². The molecule has 3 N–H and O–H groups in total. The molecule has 7 heteroatoms. The molecule has 0 aliphatic carbocycles. The predicted octanol–water partition coefficient (Wildman–Crippen LogP) is 4.10. The lowest BCUT2D eigenvalue weighted by Crippen LogP contribution is -2.23. The van der Waals surface area contributed by atoms with E-state index >= 15 is 0 Å². The maximum atomic E-state index is 12.7. The van der Waals surface area contributed by atoms with Crippen molar-refractivity contribution in [2.24, 2.45) is 0 Å². The molecule has 0 aliphatic heterocycles. The van der Waals surface area contributed by atoms with Crippen molar-refractivity contribution in [2.75, 3.05) is 13.1 Å². The fourth-order valence-corrected chi connectivity index (χ4v) is 4.76. The van der Waals surface area contributed by atoms with Gasteiger partial charge in [-0.25, -0.2) is 13.2 Å². The number of hydrogen-bond donors (Lipinski definition) is 3. The minimum absolute atomic E-state index is 0.159. The molecule has 33 heavy (non-hydrogen) atoms. The molecule has 0 saturated heterocycles. The zero-order chi connectivity index (χ0) is 24.0. The normalized spacial score (nSPS) is 12.6. The molecule has 0 heterocycles. The lowest BCUT2D eigenvalue weighted by Gasteiger charge is -2.13. The van der Waals surface area contributed by atoms with Gasteiger partial charge in [0.25, 0.3) is 0 Å². The highest BCUT2D eigenvalue weighted by Gasteiger charge is 2.26. The second kappa shape index (κ2) is 10.7. The summed E-state index contributed by atoms with van der Waals surface area (Å²) in [6.45, 7) is 4.24. The SMILES string of the molecule is CC(C)S(=O)(=O)c1cc(-c2ccc(CCNCC(O)c3ccccc3)cc2)ccc1C(=O)O. The third kappa shape index (κ3) is 6.07. The Bertz CT molecular complexity index is 1190. The summed E-state index contributed by atoms with van der Waals surface area (Å²) in [7, 11) is -3.74. The minimum Gasteiger partial charge on any atom is -0.478 e. The third-order valence-electron chi connectivity index (χ3n) is 5.54. The van der Waals surface area contributed by atoms with E-state index in [2.05, 4.69) is 5.32 Å². The van der Waals surface area contributed by atoms with Crippen molar-refractivity contribution in [3.05, 3.63) is 89.5 Å². The summed E-state index contributed by atoms with van der Waals surface area (Å²) in [5, 5.41) is 22.2. The molecule has 0 fully saturated rings. The van der Waals surface area contributed by atoms with Crippen molar-refractivity contribution in [1.82, 2.24) is 5.32 Å². The van der Waals surface area contributed by atoms with Gasteiger partial charge in [0.05, 0.1) is 21.8 Å². The van der Waals surface area contributed by atoms with E-state index in [1.54, 1.807) is 6.07 Å². The van der Waals surface area contributed by atoms with Crippen LogP contribution in [0.25, 0.3) is 11.1 Å². The second-order valence-electron chi connectivity index (χ2n) is 8.19. The molecule has 0 aliphatic rings. The first kappa shape index (κ1) is 24.6. The summed E-state index contributed by atoms with van der Waals surface area (Å²) in [6.07, 6.45) is 0.214. The van der Waals surface area contributed by atoms with Gasteiger partial charge in [0.15, 0.2) is 9.84 Å². The molecule has 1 atom stereocenters. The zero-order valence-electron chi connectivity index (χ0n) is 18.7. The molecule has 3 aromatic carbocycles. The van der Waals surface area contributed by atoms with Crippen molar-refractivity contribution in [3.8, 4) is 11.1 Å². The molecule has 174 valence electrons. The molecular formula is C26H29NO5S. The summed E-state index contributed by atoms with van der Waals surface area (Å²) >= 11 is 0. The first-order valence-corrected chi connectivity index (χ1v) is 12.4. The number of aliphatic hydroxyl groups excluding tert-OH is 1. The number of sulfone groups is 1. The number of carboxylic acids is 1. The van der Waals surface area contributed by atoms with E-state index in [4.69, 9.17) is 0 Å². The van der Waals surface area contributed by atoms with Crippen molar-refractivity contribution in [2.45, 2.75) is 36.5 Å². The van der Waals surface area contributed by atoms with Crippen LogP contribution in [0.2, 0.25) is 0 Å². The number of rotatable bonds is 10. The largest absolute Gasteiger partial charge is 0.478 e. The van der Waals surface area contributed by atoms with E-state index in [9.17, 15) is 23.4 Å². The predicted molar refractivity (Wildman–Crippen MR) is 129 cm³/mol. The topological polar surface area (TPSA) is 104 Å². The van der Waals surface area contributed by atoms with Crippen LogP contribution >= 0.6 is 0 Å². The fourth-order valence-electron chi connectivity index (χ4n) is 3.50. The maximum Gasteiger partial charge on any atom is 0.337 e. The van der Waals surface area contributed by atoms with Gasteiger partial charge in [-0.3, -0.25) is 0 Å². The first-order chi connectivity index (χ1) is 15.7. The van der Waals surface area contributed by atoms with Crippen molar-refractivity contribution in [1.29, 1.82) is 0 Å². The van der Waals surface area contributed by atoms with Gasteiger partial charge in [0, 0.05) is 6.54 Å². The quantitative estimate of drug-likeness (QED) is 0.388. The van der Waals surface area contributed by atoms with Crippen LogP contribution in [0.4, 0.5) is 0 Å². The van der Waals surface area contributed by atoms with E-state index in [1.165, 1.54) is 26.0 Å². The van der Waals surface area contributed by atoms with Crippen LogP contribution in [-0.4, -0.2) is 42.9 Å². The zero-order valence-corrected chi connectivity index (χ0v) is 19.5. The molecular weight excluding hydrogens is 438 g/mol. The van der Waals surface area contributed by atoms with Crippen molar-refractivity contribution >= 4 is 15.8 Å². The van der Waals surface area contributed by atoms with Gasteiger partial charge < -0.3 is 15.5 Å². The molecule has 3 rings (SSSR count). The Labute approximate surface area is 194 Å². The summed E-state index contributed by atoms with van der Waals surface area (Å²) in [4.78, 5) is 11.4. The molecule has 0 spiro atoms. The van der Waals surface area contributed by atoms with Gasteiger partial charge in [-0.2, -0.15) is 0 Å². The number of aromatic carboxylic acids is 1. The van der Waals surface area contributed by atoms with Gasteiger partial charge in [-0.1, -0.05) is 60.7 Å². The van der Waals surface area contributed by atoms with Gasteiger partial charge in [-0.05, 0) is 61.2 Å². The van der Waals surface area contributed by atoms with Crippen molar-refractivity contribution < 1.29 is 23.4 Å². The van der Waals surface area contributed by atoms with Gasteiger partial charge in [0.1, 0.15) is 0 Å². The lowest BCUT2D eigenvalue weighted by atomic mass is 10.0. The van der Waals surface area contributed by atoms with E-state index in [-0.39, 0.29) is 10.5 Å².